The molecule has 0 N–H and O–H groups in total. The molecule has 0 radical (unpaired) electrons. The lowest BCUT2D eigenvalue weighted by atomic mass is 10.0. The zero-order chi connectivity index (χ0) is 14.6. The predicted molar refractivity (Wildman–Crippen MR) is 65.6 cm³/mol. The predicted octanol–water partition coefficient (Wildman–Crippen LogP) is 3.42. The number of ether oxygens (including phenoxy) is 1. The fourth-order valence-electron chi connectivity index (χ4n) is 2.02. The molecule has 0 saturated carbocycles. The lowest BCUT2D eigenvalue weighted by Gasteiger charge is -2.14. The van der Waals surface area contributed by atoms with Gasteiger partial charge in [0.2, 0.25) is 5.90 Å². The van der Waals surface area contributed by atoms with Crippen LogP contribution in [0.4, 0.5) is 13.2 Å². The maximum Gasteiger partial charge on any atom is 0.442 e. The normalized spacial score (nSPS) is 22.4. The van der Waals surface area contributed by atoms with Crippen molar-refractivity contribution < 1.29 is 17.9 Å². The van der Waals surface area contributed by atoms with E-state index in [0.717, 1.165) is 0 Å². The molecule has 0 fully saturated rings. The molecular formula is C13H12F3N3O. The second kappa shape index (κ2) is 3.80. The number of aliphatic imine (C=N–C) groups is 1. The Bertz CT molecular complexity index is 596. The Kier molecular flexibility index (Phi) is 2.49. The van der Waals surface area contributed by atoms with Gasteiger partial charge in [0.1, 0.15) is 6.61 Å². The van der Waals surface area contributed by atoms with Crippen molar-refractivity contribution >= 4 is 5.90 Å². The van der Waals surface area contributed by atoms with Gasteiger partial charge in [-0.15, -0.1) is 10.2 Å². The topological polar surface area (TPSA) is 46.3 Å². The van der Waals surface area contributed by atoms with E-state index in [2.05, 4.69) is 15.2 Å². The zero-order valence-electron chi connectivity index (χ0n) is 10.9. The molecule has 4 nitrogen and oxygen atoms in total. The van der Waals surface area contributed by atoms with Crippen molar-refractivity contribution in [3.8, 4) is 0 Å². The Morgan fingerprint density at radius 1 is 1.10 bits per heavy atom. The minimum absolute atomic E-state index is 0.00612. The van der Waals surface area contributed by atoms with E-state index in [1.807, 2.05) is 13.8 Å². The largest absolute Gasteiger partial charge is 0.475 e. The summed E-state index contributed by atoms with van der Waals surface area (Å²) in [6.07, 6.45) is -4.50. The first kappa shape index (κ1) is 13.1. The van der Waals surface area contributed by atoms with E-state index >= 15 is 0 Å². The average Bonchev–Trinajstić information content (AvgIpc) is 3.09. The molecule has 1 aromatic rings. The standard InChI is InChI=1S/C13H12F3N3O/c1-11(2)7-20-10(17-11)8-3-5-9(6-4-8)12(18-19-12)13(14,15)16/h3-6H,7H2,1-2H3. The van der Waals surface area contributed by atoms with Crippen molar-refractivity contribution in [1.82, 2.24) is 0 Å². The Morgan fingerprint density at radius 2 is 1.70 bits per heavy atom. The van der Waals surface area contributed by atoms with Gasteiger partial charge in [-0.05, 0) is 26.0 Å². The molecule has 2 aliphatic rings. The van der Waals surface area contributed by atoms with Crippen LogP contribution in [0.15, 0.2) is 39.5 Å². The van der Waals surface area contributed by atoms with Crippen molar-refractivity contribution in [3.05, 3.63) is 35.4 Å². The Labute approximate surface area is 113 Å². The van der Waals surface area contributed by atoms with E-state index < -0.39 is 11.8 Å². The lowest BCUT2D eigenvalue weighted by Crippen LogP contribution is -2.30. The number of hydrogen-bond donors (Lipinski definition) is 0. The molecule has 3 rings (SSSR count). The van der Waals surface area contributed by atoms with E-state index in [-0.39, 0.29) is 11.1 Å². The molecule has 7 heteroatoms. The maximum atomic E-state index is 12.8. The first-order valence-corrected chi connectivity index (χ1v) is 6.08. The molecule has 106 valence electrons. The molecule has 2 aliphatic heterocycles. The van der Waals surface area contributed by atoms with Gasteiger partial charge in [-0.3, -0.25) is 0 Å². The fraction of sp³-hybridized carbons (Fsp3) is 0.462. The second-order valence-electron chi connectivity index (χ2n) is 5.47. The molecule has 0 bridgehead atoms. The molecule has 0 atom stereocenters. The number of hydrogen-bond acceptors (Lipinski definition) is 4. The highest BCUT2D eigenvalue weighted by Crippen LogP contribution is 2.52. The number of nitrogens with zero attached hydrogens (tertiary/aromatic N) is 3. The van der Waals surface area contributed by atoms with Crippen LogP contribution in [-0.4, -0.2) is 24.2 Å². The third-order valence-corrected chi connectivity index (χ3v) is 3.20. The van der Waals surface area contributed by atoms with E-state index in [1.165, 1.54) is 12.1 Å². The van der Waals surface area contributed by atoms with Gasteiger partial charge >= 0.3 is 11.8 Å². The summed E-state index contributed by atoms with van der Waals surface area (Å²) in [6, 6.07) is 5.82. The highest BCUT2D eigenvalue weighted by atomic mass is 19.4. The molecule has 0 amide bonds. The van der Waals surface area contributed by atoms with Crippen LogP contribution in [0, 0.1) is 0 Å². The molecule has 0 spiro atoms. The van der Waals surface area contributed by atoms with Crippen LogP contribution < -0.4 is 0 Å². The summed E-state index contributed by atoms with van der Waals surface area (Å²) in [5.74, 6) is 0.451. The van der Waals surface area contributed by atoms with Gasteiger partial charge in [-0.1, -0.05) is 12.1 Å². The van der Waals surface area contributed by atoms with Crippen LogP contribution in [0.25, 0.3) is 0 Å². The van der Waals surface area contributed by atoms with Crippen LogP contribution in [-0.2, 0) is 10.4 Å². The van der Waals surface area contributed by atoms with Gasteiger partial charge in [-0.25, -0.2) is 4.99 Å². The number of rotatable bonds is 2. The summed E-state index contributed by atoms with van der Waals surface area (Å²) in [4.78, 5) is 4.37. The molecular weight excluding hydrogens is 271 g/mol. The lowest BCUT2D eigenvalue weighted by molar-refractivity contribution is -0.166. The minimum atomic E-state index is -4.50. The first-order valence-electron chi connectivity index (χ1n) is 6.08. The van der Waals surface area contributed by atoms with E-state index in [9.17, 15) is 13.2 Å². The Morgan fingerprint density at radius 3 is 2.10 bits per heavy atom. The fourth-order valence-corrected chi connectivity index (χ4v) is 2.02. The smallest absolute Gasteiger partial charge is 0.442 e. The summed E-state index contributed by atoms with van der Waals surface area (Å²) in [5, 5.41) is 6.33. The first-order chi connectivity index (χ1) is 9.24. The van der Waals surface area contributed by atoms with Gasteiger partial charge in [0.05, 0.1) is 5.54 Å². The Hall–Kier alpha value is -1.92. The van der Waals surface area contributed by atoms with Gasteiger partial charge in [0.15, 0.2) is 0 Å². The van der Waals surface area contributed by atoms with Crippen LogP contribution in [0.5, 0.6) is 0 Å². The van der Waals surface area contributed by atoms with Gasteiger partial charge in [0.25, 0.3) is 0 Å². The van der Waals surface area contributed by atoms with Gasteiger partial charge in [-0.2, -0.15) is 13.2 Å². The summed E-state index contributed by atoms with van der Waals surface area (Å²) in [5.41, 5.74) is -2.02. The molecule has 2 heterocycles. The van der Waals surface area contributed by atoms with E-state index in [0.29, 0.717) is 18.1 Å². The zero-order valence-corrected chi connectivity index (χ0v) is 10.9. The number of alkyl halides is 3. The summed E-state index contributed by atoms with van der Waals surface area (Å²) in [7, 11) is 0. The highest BCUT2D eigenvalue weighted by Gasteiger charge is 2.65. The molecule has 0 aliphatic carbocycles. The molecule has 1 aromatic carbocycles. The van der Waals surface area contributed by atoms with Crippen molar-refractivity contribution in [2.75, 3.05) is 6.61 Å². The van der Waals surface area contributed by atoms with Crippen molar-refractivity contribution in [2.45, 2.75) is 31.2 Å². The van der Waals surface area contributed by atoms with E-state index in [1.54, 1.807) is 12.1 Å². The number of halogens is 3. The highest BCUT2D eigenvalue weighted by molar-refractivity contribution is 5.95. The van der Waals surface area contributed by atoms with Crippen LogP contribution in [0.3, 0.4) is 0 Å². The summed E-state index contributed by atoms with van der Waals surface area (Å²) < 4.78 is 44.0. The molecule has 20 heavy (non-hydrogen) atoms. The summed E-state index contributed by atoms with van der Waals surface area (Å²) >= 11 is 0. The Balaban J connectivity index is 1.87. The molecule has 0 unspecified atom stereocenters. The maximum absolute atomic E-state index is 12.8. The van der Waals surface area contributed by atoms with Crippen LogP contribution in [0.1, 0.15) is 25.0 Å². The third kappa shape index (κ3) is 1.97. The molecule has 0 saturated heterocycles. The SMILES string of the molecule is CC1(C)COC(c2ccc(C3(C(F)(F)F)N=N3)cc2)=N1. The van der Waals surface area contributed by atoms with Crippen molar-refractivity contribution in [3.63, 3.8) is 0 Å². The van der Waals surface area contributed by atoms with Gasteiger partial charge < -0.3 is 4.74 Å². The summed E-state index contributed by atoms with van der Waals surface area (Å²) in [6.45, 7) is 4.31. The van der Waals surface area contributed by atoms with Crippen molar-refractivity contribution in [1.29, 1.82) is 0 Å². The van der Waals surface area contributed by atoms with Crippen LogP contribution >= 0.6 is 0 Å². The monoisotopic (exact) mass is 283 g/mol. The van der Waals surface area contributed by atoms with E-state index in [4.69, 9.17) is 4.74 Å². The third-order valence-electron chi connectivity index (χ3n) is 3.20. The average molecular weight is 283 g/mol. The second-order valence-corrected chi connectivity index (χ2v) is 5.47. The minimum Gasteiger partial charge on any atom is -0.475 e. The van der Waals surface area contributed by atoms with Crippen LogP contribution in [0.2, 0.25) is 0 Å². The number of benzene rings is 1. The molecule has 0 aromatic heterocycles. The quantitative estimate of drug-likeness (QED) is 0.820. The van der Waals surface area contributed by atoms with Crippen molar-refractivity contribution in [2.24, 2.45) is 15.2 Å². The van der Waals surface area contributed by atoms with Gasteiger partial charge in [0, 0.05) is 11.1 Å².